The summed E-state index contributed by atoms with van der Waals surface area (Å²) in [6.45, 7) is 2.00. The number of aromatic nitrogens is 2. The Labute approximate surface area is 113 Å². The molecule has 0 N–H and O–H groups in total. The van der Waals surface area contributed by atoms with Crippen LogP contribution in [-0.4, -0.2) is 35.1 Å². The van der Waals surface area contributed by atoms with Crippen LogP contribution in [0.4, 0.5) is 0 Å². The number of aldehydes is 1. The van der Waals surface area contributed by atoms with Gasteiger partial charge in [-0.15, -0.1) is 0 Å². The van der Waals surface area contributed by atoms with Gasteiger partial charge in [-0.3, -0.25) is 4.79 Å². The Balaban J connectivity index is 2.43. The summed E-state index contributed by atoms with van der Waals surface area (Å²) in [5, 5.41) is 4.27. The van der Waals surface area contributed by atoms with Crippen LogP contribution in [0, 0.1) is 6.92 Å². The van der Waals surface area contributed by atoms with Gasteiger partial charge in [0.15, 0.2) is 6.29 Å². The number of benzene rings is 1. The van der Waals surface area contributed by atoms with Crippen molar-refractivity contribution >= 4 is 12.4 Å². The number of aryl methyl sites for hydroxylation is 1. The molecular formula is C15H17N3O. The molecule has 1 aromatic heterocycles. The Morgan fingerprint density at radius 1 is 1.26 bits per heavy atom. The zero-order chi connectivity index (χ0) is 13.8. The van der Waals surface area contributed by atoms with Crippen molar-refractivity contribution in [1.29, 1.82) is 0 Å². The van der Waals surface area contributed by atoms with E-state index in [0.29, 0.717) is 5.56 Å². The van der Waals surface area contributed by atoms with Crippen LogP contribution in [0.25, 0.3) is 11.8 Å². The molecule has 4 nitrogen and oxygen atoms in total. The lowest BCUT2D eigenvalue weighted by Gasteiger charge is -2.07. The van der Waals surface area contributed by atoms with Crippen molar-refractivity contribution in [3.8, 4) is 5.69 Å². The highest BCUT2D eigenvalue weighted by Crippen LogP contribution is 2.16. The number of rotatable bonds is 4. The normalized spacial score (nSPS) is 10.9. The minimum Gasteiger partial charge on any atom is -0.383 e. The summed E-state index contributed by atoms with van der Waals surface area (Å²) in [6, 6.07) is 5.66. The maximum atomic E-state index is 11.1. The molecule has 2 aromatic rings. The maximum absolute atomic E-state index is 11.1. The van der Waals surface area contributed by atoms with Crippen LogP contribution in [0.1, 0.15) is 21.5 Å². The van der Waals surface area contributed by atoms with E-state index in [0.717, 1.165) is 23.1 Å². The Morgan fingerprint density at radius 3 is 2.63 bits per heavy atom. The van der Waals surface area contributed by atoms with E-state index in [9.17, 15) is 4.79 Å². The van der Waals surface area contributed by atoms with Crippen molar-refractivity contribution < 1.29 is 4.79 Å². The quantitative estimate of drug-likeness (QED) is 0.788. The number of hydrogen-bond acceptors (Lipinski definition) is 3. The van der Waals surface area contributed by atoms with Gasteiger partial charge >= 0.3 is 0 Å². The predicted molar refractivity (Wildman–Crippen MR) is 76.4 cm³/mol. The molecule has 0 aliphatic carbocycles. The fraction of sp³-hybridized carbons (Fsp3) is 0.200. The third kappa shape index (κ3) is 3.10. The van der Waals surface area contributed by atoms with E-state index in [1.807, 2.05) is 68.8 Å². The molecule has 0 amide bonds. The highest BCUT2D eigenvalue weighted by molar-refractivity contribution is 5.82. The maximum Gasteiger partial charge on any atom is 0.150 e. The van der Waals surface area contributed by atoms with Gasteiger partial charge in [0.2, 0.25) is 0 Å². The summed E-state index contributed by atoms with van der Waals surface area (Å²) >= 11 is 0. The molecule has 0 fully saturated rings. The summed E-state index contributed by atoms with van der Waals surface area (Å²) < 4.78 is 1.80. The van der Waals surface area contributed by atoms with Crippen molar-refractivity contribution in [2.45, 2.75) is 6.92 Å². The van der Waals surface area contributed by atoms with Gasteiger partial charge in [0.05, 0.1) is 11.9 Å². The average Bonchev–Trinajstić information content (AvgIpc) is 2.82. The molecule has 2 rings (SSSR count). The van der Waals surface area contributed by atoms with Gasteiger partial charge in [0.25, 0.3) is 0 Å². The first kappa shape index (κ1) is 13.1. The van der Waals surface area contributed by atoms with Gasteiger partial charge in [-0.25, -0.2) is 4.68 Å². The third-order valence-electron chi connectivity index (χ3n) is 2.73. The van der Waals surface area contributed by atoms with Crippen LogP contribution >= 0.6 is 0 Å². The van der Waals surface area contributed by atoms with E-state index in [4.69, 9.17) is 0 Å². The molecule has 0 atom stereocenters. The Hall–Kier alpha value is -2.36. The molecule has 19 heavy (non-hydrogen) atoms. The lowest BCUT2D eigenvalue weighted by molar-refractivity contribution is 0.112. The van der Waals surface area contributed by atoms with Gasteiger partial charge < -0.3 is 4.90 Å². The molecule has 0 bridgehead atoms. The third-order valence-corrected chi connectivity index (χ3v) is 2.73. The molecule has 0 spiro atoms. The molecule has 1 heterocycles. The van der Waals surface area contributed by atoms with E-state index in [1.165, 1.54) is 0 Å². The molecule has 0 saturated carbocycles. The lowest BCUT2D eigenvalue weighted by Crippen LogP contribution is -2.01. The number of hydrogen-bond donors (Lipinski definition) is 0. The first-order chi connectivity index (χ1) is 9.10. The number of nitrogens with zero attached hydrogens (tertiary/aromatic N) is 3. The van der Waals surface area contributed by atoms with Gasteiger partial charge in [-0.1, -0.05) is 0 Å². The topological polar surface area (TPSA) is 38.1 Å². The molecule has 98 valence electrons. The van der Waals surface area contributed by atoms with E-state index >= 15 is 0 Å². The van der Waals surface area contributed by atoms with Gasteiger partial charge in [0, 0.05) is 25.9 Å². The van der Waals surface area contributed by atoms with Gasteiger partial charge in [-0.2, -0.15) is 5.10 Å². The van der Waals surface area contributed by atoms with Gasteiger partial charge in [0.1, 0.15) is 0 Å². The minimum atomic E-state index is 0.672. The number of carbonyl (C=O) groups excluding carboxylic acids is 1. The highest BCUT2D eigenvalue weighted by Gasteiger charge is 2.03. The average molecular weight is 255 g/mol. The summed E-state index contributed by atoms with van der Waals surface area (Å²) in [7, 11) is 3.88. The zero-order valence-corrected chi connectivity index (χ0v) is 11.4. The molecule has 0 aliphatic heterocycles. The minimum absolute atomic E-state index is 0.672. The first-order valence-electron chi connectivity index (χ1n) is 6.05. The van der Waals surface area contributed by atoms with E-state index in [2.05, 4.69) is 5.10 Å². The second kappa shape index (κ2) is 5.52. The highest BCUT2D eigenvalue weighted by atomic mass is 16.1. The molecular weight excluding hydrogens is 238 g/mol. The molecule has 0 aliphatic rings. The van der Waals surface area contributed by atoms with E-state index < -0.39 is 0 Å². The summed E-state index contributed by atoms with van der Waals surface area (Å²) in [6.07, 6.45) is 8.47. The van der Waals surface area contributed by atoms with Crippen LogP contribution in [0.5, 0.6) is 0 Å². The SMILES string of the molecule is Cc1cnn(-c2ccc(C=O)c(/C=C\N(C)C)c2)c1. The first-order valence-corrected chi connectivity index (χ1v) is 6.05. The van der Waals surface area contributed by atoms with E-state index in [-0.39, 0.29) is 0 Å². The monoisotopic (exact) mass is 255 g/mol. The fourth-order valence-corrected chi connectivity index (χ4v) is 1.74. The standard InChI is InChI=1S/C15H17N3O/c1-12-9-16-18(10-12)15-5-4-14(11-19)13(8-15)6-7-17(2)3/h4-11H,1-3H3/b7-6-. The lowest BCUT2D eigenvalue weighted by atomic mass is 10.1. The molecule has 0 radical (unpaired) electrons. The Kier molecular flexibility index (Phi) is 3.80. The molecule has 0 unspecified atom stereocenters. The van der Waals surface area contributed by atoms with E-state index in [1.54, 1.807) is 4.68 Å². The van der Waals surface area contributed by atoms with Crippen LogP contribution in [0.15, 0.2) is 36.8 Å². The van der Waals surface area contributed by atoms with Crippen LogP contribution in [0.2, 0.25) is 0 Å². The zero-order valence-electron chi connectivity index (χ0n) is 11.4. The summed E-state index contributed by atoms with van der Waals surface area (Å²) in [5.41, 5.74) is 3.60. The van der Waals surface area contributed by atoms with Crippen LogP contribution in [-0.2, 0) is 0 Å². The molecule has 1 aromatic carbocycles. The predicted octanol–water partition coefficient (Wildman–Crippen LogP) is 2.53. The molecule has 0 saturated heterocycles. The second-order valence-electron chi connectivity index (χ2n) is 4.67. The Morgan fingerprint density at radius 2 is 2.05 bits per heavy atom. The second-order valence-corrected chi connectivity index (χ2v) is 4.67. The van der Waals surface area contributed by atoms with Crippen molar-refractivity contribution in [3.05, 3.63) is 53.5 Å². The van der Waals surface area contributed by atoms with Crippen molar-refractivity contribution in [3.63, 3.8) is 0 Å². The van der Waals surface area contributed by atoms with Crippen molar-refractivity contribution in [2.75, 3.05) is 14.1 Å². The van der Waals surface area contributed by atoms with Gasteiger partial charge in [-0.05, 0) is 48.5 Å². The van der Waals surface area contributed by atoms with Crippen molar-refractivity contribution in [2.24, 2.45) is 0 Å². The molecule has 4 heteroatoms. The summed E-state index contributed by atoms with van der Waals surface area (Å²) in [4.78, 5) is 13.0. The fourth-order valence-electron chi connectivity index (χ4n) is 1.74. The Bertz CT molecular complexity index is 612. The summed E-state index contributed by atoms with van der Waals surface area (Å²) in [5.74, 6) is 0. The number of carbonyl (C=O) groups is 1. The largest absolute Gasteiger partial charge is 0.383 e. The smallest absolute Gasteiger partial charge is 0.150 e. The van der Waals surface area contributed by atoms with Crippen molar-refractivity contribution in [1.82, 2.24) is 14.7 Å². The van der Waals surface area contributed by atoms with Crippen LogP contribution in [0.3, 0.4) is 0 Å². The van der Waals surface area contributed by atoms with Crippen LogP contribution < -0.4 is 0 Å².